The number of benzene rings is 1. The fourth-order valence-electron chi connectivity index (χ4n) is 3.62. The SMILES string of the molecule is O=C(Cc1ccccc1)N1CCC(Cc2n[nH]c(=O)n2-c2cccs2)CC1. The molecule has 1 amide bonds. The van der Waals surface area contributed by atoms with E-state index in [1.165, 1.54) is 11.3 Å². The summed E-state index contributed by atoms with van der Waals surface area (Å²) in [5.41, 5.74) is 0.865. The Morgan fingerprint density at radius 3 is 2.63 bits per heavy atom. The molecule has 7 heteroatoms. The molecular weight excluding hydrogens is 360 g/mol. The Labute approximate surface area is 161 Å². The van der Waals surface area contributed by atoms with Crippen LogP contribution in [-0.2, 0) is 17.6 Å². The van der Waals surface area contributed by atoms with Crippen LogP contribution in [0.1, 0.15) is 24.2 Å². The topological polar surface area (TPSA) is 71.0 Å². The van der Waals surface area contributed by atoms with E-state index in [-0.39, 0.29) is 11.6 Å². The minimum absolute atomic E-state index is 0.190. The molecule has 1 fully saturated rings. The fourth-order valence-corrected chi connectivity index (χ4v) is 4.37. The van der Waals surface area contributed by atoms with Crippen LogP contribution in [-0.4, -0.2) is 38.7 Å². The lowest BCUT2D eigenvalue weighted by Crippen LogP contribution is -2.39. The number of rotatable bonds is 5. The minimum Gasteiger partial charge on any atom is -0.342 e. The van der Waals surface area contributed by atoms with Crippen LogP contribution >= 0.6 is 11.3 Å². The zero-order chi connectivity index (χ0) is 18.6. The Kier molecular flexibility index (Phi) is 5.20. The fraction of sp³-hybridized carbons (Fsp3) is 0.350. The summed E-state index contributed by atoms with van der Waals surface area (Å²) in [6.45, 7) is 1.54. The second-order valence-electron chi connectivity index (χ2n) is 6.92. The van der Waals surface area contributed by atoms with Gasteiger partial charge in [0.1, 0.15) is 10.8 Å². The number of aromatic nitrogens is 3. The van der Waals surface area contributed by atoms with Gasteiger partial charge in [0, 0.05) is 19.5 Å². The lowest BCUT2D eigenvalue weighted by atomic mass is 9.93. The molecule has 3 aromatic rings. The summed E-state index contributed by atoms with van der Waals surface area (Å²) in [4.78, 5) is 26.6. The monoisotopic (exact) mass is 382 g/mol. The highest BCUT2D eigenvalue weighted by Gasteiger charge is 2.25. The lowest BCUT2D eigenvalue weighted by molar-refractivity contribution is -0.131. The van der Waals surface area contributed by atoms with Crippen LogP contribution in [0.3, 0.4) is 0 Å². The predicted octanol–water partition coefficient (Wildman–Crippen LogP) is 2.65. The highest BCUT2D eigenvalue weighted by atomic mass is 32.1. The average Bonchev–Trinajstić information content (AvgIpc) is 3.33. The standard InChI is InChI=1S/C20H22N4O2S/c25-18(14-15-5-2-1-3-6-15)23-10-8-16(9-11-23)13-17-21-22-20(26)24(17)19-7-4-12-27-19/h1-7,12,16H,8-11,13-14H2,(H,22,26). The van der Waals surface area contributed by atoms with E-state index in [0.717, 1.165) is 48.7 Å². The molecule has 0 bridgehead atoms. The highest BCUT2D eigenvalue weighted by molar-refractivity contribution is 7.12. The smallest absolute Gasteiger partial charge is 0.342 e. The van der Waals surface area contributed by atoms with Gasteiger partial charge < -0.3 is 4.90 Å². The number of amides is 1. The molecule has 2 aromatic heterocycles. The van der Waals surface area contributed by atoms with Crippen LogP contribution in [0.5, 0.6) is 0 Å². The zero-order valence-electron chi connectivity index (χ0n) is 15.0. The molecule has 0 unspecified atom stereocenters. The molecule has 1 aliphatic rings. The quantitative estimate of drug-likeness (QED) is 0.737. The Hall–Kier alpha value is -2.67. The molecule has 3 heterocycles. The molecule has 1 N–H and O–H groups in total. The molecule has 1 saturated heterocycles. The van der Waals surface area contributed by atoms with E-state index in [9.17, 15) is 9.59 Å². The Bertz CT molecular complexity index is 938. The number of H-pyrrole nitrogens is 1. The van der Waals surface area contributed by atoms with Gasteiger partial charge in [0.2, 0.25) is 5.91 Å². The summed E-state index contributed by atoms with van der Waals surface area (Å²) in [7, 11) is 0. The maximum atomic E-state index is 12.5. The van der Waals surface area contributed by atoms with E-state index in [0.29, 0.717) is 12.3 Å². The van der Waals surface area contributed by atoms with Gasteiger partial charge in [-0.2, -0.15) is 5.10 Å². The predicted molar refractivity (Wildman–Crippen MR) is 105 cm³/mol. The van der Waals surface area contributed by atoms with Crippen LogP contribution in [0, 0.1) is 5.92 Å². The van der Waals surface area contributed by atoms with Gasteiger partial charge >= 0.3 is 5.69 Å². The van der Waals surface area contributed by atoms with E-state index in [2.05, 4.69) is 10.2 Å². The van der Waals surface area contributed by atoms with E-state index in [4.69, 9.17) is 0 Å². The summed E-state index contributed by atoms with van der Waals surface area (Å²) in [6, 6.07) is 13.7. The van der Waals surface area contributed by atoms with Gasteiger partial charge in [-0.1, -0.05) is 30.3 Å². The summed E-state index contributed by atoms with van der Waals surface area (Å²) in [6.07, 6.45) is 3.08. The third-order valence-corrected chi connectivity index (χ3v) is 5.96. The summed E-state index contributed by atoms with van der Waals surface area (Å²) < 4.78 is 1.66. The highest BCUT2D eigenvalue weighted by Crippen LogP contribution is 2.23. The van der Waals surface area contributed by atoms with Crippen molar-refractivity contribution in [2.45, 2.75) is 25.7 Å². The number of piperidine rings is 1. The molecule has 6 nitrogen and oxygen atoms in total. The largest absolute Gasteiger partial charge is 0.348 e. The van der Waals surface area contributed by atoms with Crippen LogP contribution in [0.4, 0.5) is 0 Å². The number of likely N-dealkylation sites (tertiary alicyclic amines) is 1. The van der Waals surface area contributed by atoms with E-state index >= 15 is 0 Å². The molecule has 0 atom stereocenters. The Balaban J connectivity index is 1.35. The van der Waals surface area contributed by atoms with Crippen LogP contribution in [0.25, 0.3) is 5.00 Å². The normalized spacial score (nSPS) is 15.2. The number of thiophene rings is 1. The zero-order valence-corrected chi connectivity index (χ0v) is 15.8. The van der Waals surface area contributed by atoms with Crippen LogP contribution in [0.15, 0.2) is 52.6 Å². The molecule has 27 heavy (non-hydrogen) atoms. The first kappa shape index (κ1) is 17.7. The van der Waals surface area contributed by atoms with E-state index in [1.807, 2.05) is 52.7 Å². The molecule has 1 aliphatic heterocycles. The molecule has 140 valence electrons. The van der Waals surface area contributed by atoms with Crippen molar-refractivity contribution < 1.29 is 4.79 Å². The third kappa shape index (κ3) is 4.03. The number of nitrogens with one attached hydrogen (secondary N) is 1. The summed E-state index contributed by atoms with van der Waals surface area (Å²) in [5.74, 6) is 1.39. The van der Waals surface area contributed by atoms with Crippen LogP contribution in [0.2, 0.25) is 0 Å². The molecule has 0 spiro atoms. The van der Waals surface area contributed by atoms with Crippen molar-refractivity contribution in [1.82, 2.24) is 19.7 Å². The maximum absolute atomic E-state index is 12.5. The van der Waals surface area contributed by atoms with Gasteiger partial charge in [0.15, 0.2) is 0 Å². The van der Waals surface area contributed by atoms with Crippen molar-refractivity contribution in [3.8, 4) is 5.00 Å². The van der Waals surface area contributed by atoms with Crippen LogP contribution < -0.4 is 5.69 Å². The molecule has 0 aliphatic carbocycles. The van der Waals surface area contributed by atoms with Crippen molar-refractivity contribution in [3.63, 3.8) is 0 Å². The van der Waals surface area contributed by atoms with E-state index < -0.39 is 0 Å². The van der Waals surface area contributed by atoms with Gasteiger partial charge in [0.25, 0.3) is 0 Å². The lowest BCUT2D eigenvalue weighted by Gasteiger charge is -2.32. The van der Waals surface area contributed by atoms with Crippen molar-refractivity contribution >= 4 is 17.2 Å². The van der Waals surface area contributed by atoms with Crippen molar-refractivity contribution in [2.75, 3.05) is 13.1 Å². The maximum Gasteiger partial charge on any atom is 0.348 e. The Morgan fingerprint density at radius 1 is 1.15 bits per heavy atom. The number of hydrogen-bond donors (Lipinski definition) is 1. The number of nitrogens with zero attached hydrogens (tertiary/aromatic N) is 3. The summed E-state index contributed by atoms with van der Waals surface area (Å²) >= 11 is 1.53. The van der Waals surface area contributed by atoms with E-state index in [1.54, 1.807) is 4.57 Å². The van der Waals surface area contributed by atoms with Crippen molar-refractivity contribution in [1.29, 1.82) is 0 Å². The van der Waals surface area contributed by atoms with Gasteiger partial charge in [-0.25, -0.2) is 14.5 Å². The molecule has 0 radical (unpaired) electrons. The van der Waals surface area contributed by atoms with Gasteiger partial charge in [-0.15, -0.1) is 11.3 Å². The molecule has 0 saturated carbocycles. The first-order chi connectivity index (χ1) is 13.2. The molecular formula is C20H22N4O2S. The first-order valence-electron chi connectivity index (χ1n) is 9.22. The van der Waals surface area contributed by atoms with Gasteiger partial charge in [0.05, 0.1) is 6.42 Å². The average molecular weight is 382 g/mol. The molecule has 1 aromatic carbocycles. The Morgan fingerprint density at radius 2 is 1.93 bits per heavy atom. The first-order valence-corrected chi connectivity index (χ1v) is 10.1. The minimum atomic E-state index is -0.192. The number of carbonyl (C=O) groups excluding carboxylic acids is 1. The third-order valence-electron chi connectivity index (χ3n) is 5.11. The van der Waals surface area contributed by atoms with Gasteiger partial charge in [-0.3, -0.25) is 4.79 Å². The van der Waals surface area contributed by atoms with Crippen molar-refractivity contribution in [2.24, 2.45) is 5.92 Å². The van der Waals surface area contributed by atoms with Crippen molar-refractivity contribution in [3.05, 3.63) is 69.7 Å². The van der Waals surface area contributed by atoms with Gasteiger partial charge in [-0.05, 0) is 41.8 Å². The second-order valence-corrected chi connectivity index (χ2v) is 7.85. The number of hydrogen-bond acceptors (Lipinski definition) is 4. The number of aromatic amines is 1. The second kappa shape index (κ2) is 7.92. The summed E-state index contributed by atoms with van der Waals surface area (Å²) in [5, 5.41) is 9.64. The number of carbonyl (C=O) groups is 1. The molecule has 4 rings (SSSR count).